The summed E-state index contributed by atoms with van der Waals surface area (Å²) >= 11 is 1.51. The third kappa shape index (κ3) is 4.77. The highest BCUT2D eigenvalue weighted by molar-refractivity contribution is 7.09. The Morgan fingerprint density at radius 3 is 2.55 bits per heavy atom. The third-order valence-corrected chi connectivity index (χ3v) is 3.42. The van der Waals surface area contributed by atoms with Crippen molar-refractivity contribution in [2.45, 2.75) is 33.7 Å². The molecule has 0 aromatic carbocycles. The molecular formula is C14H20N2O3S. The van der Waals surface area contributed by atoms with Crippen LogP contribution in [0, 0.1) is 12.3 Å². The normalized spacial score (nSPS) is 13.2. The largest absolute Gasteiger partial charge is 0.467 e. The smallest absolute Gasteiger partial charge is 0.328 e. The summed E-state index contributed by atoms with van der Waals surface area (Å²) in [5, 5.41) is 5.46. The summed E-state index contributed by atoms with van der Waals surface area (Å²) < 4.78 is 4.72. The van der Waals surface area contributed by atoms with Crippen molar-refractivity contribution in [3.8, 4) is 0 Å². The lowest BCUT2D eigenvalue weighted by Crippen LogP contribution is -2.49. The fourth-order valence-electron chi connectivity index (χ4n) is 1.55. The summed E-state index contributed by atoms with van der Waals surface area (Å²) in [5.74, 6) is -0.801. The number of ether oxygens (including phenoxy) is 1. The van der Waals surface area contributed by atoms with Crippen molar-refractivity contribution in [1.29, 1.82) is 0 Å². The molecule has 1 rings (SSSR count). The number of nitrogens with one attached hydrogen (secondary N) is 1. The number of aryl methyl sites for hydroxylation is 1. The number of esters is 1. The molecule has 1 heterocycles. The van der Waals surface area contributed by atoms with Gasteiger partial charge in [0, 0.05) is 11.5 Å². The van der Waals surface area contributed by atoms with Crippen molar-refractivity contribution >= 4 is 29.3 Å². The topological polar surface area (TPSA) is 68.3 Å². The molecule has 6 heteroatoms. The predicted octanol–water partition coefficient (Wildman–Crippen LogP) is 2.17. The van der Waals surface area contributed by atoms with Crippen LogP contribution >= 0.6 is 11.3 Å². The molecule has 1 aromatic heterocycles. The summed E-state index contributed by atoms with van der Waals surface area (Å²) in [6.45, 7) is 7.49. The first kappa shape index (κ1) is 16.4. The van der Waals surface area contributed by atoms with Crippen molar-refractivity contribution in [2.24, 2.45) is 5.41 Å². The monoisotopic (exact) mass is 296 g/mol. The molecule has 1 atom stereocenters. The van der Waals surface area contributed by atoms with E-state index in [-0.39, 0.29) is 5.91 Å². The second-order valence-electron chi connectivity index (χ2n) is 5.46. The quantitative estimate of drug-likeness (QED) is 0.683. The van der Waals surface area contributed by atoms with Gasteiger partial charge in [-0.15, -0.1) is 11.3 Å². The molecule has 0 aliphatic rings. The van der Waals surface area contributed by atoms with Gasteiger partial charge in [-0.1, -0.05) is 20.8 Å². The Kier molecular flexibility index (Phi) is 5.44. The van der Waals surface area contributed by atoms with E-state index in [1.54, 1.807) is 6.08 Å². The summed E-state index contributed by atoms with van der Waals surface area (Å²) in [4.78, 5) is 27.8. The fraction of sp³-hybridized carbons (Fsp3) is 0.500. The minimum absolute atomic E-state index is 0.346. The molecule has 0 aliphatic carbocycles. The minimum Gasteiger partial charge on any atom is -0.467 e. The Balaban J connectivity index is 2.72. The molecule has 110 valence electrons. The number of aromatic nitrogens is 1. The van der Waals surface area contributed by atoms with Crippen LogP contribution in [0.4, 0.5) is 0 Å². The zero-order valence-electron chi connectivity index (χ0n) is 12.4. The highest BCUT2D eigenvalue weighted by Crippen LogP contribution is 2.20. The van der Waals surface area contributed by atoms with Crippen LogP contribution in [-0.4, -0.2) is 30.0 Å². The van der Waals surface area contributed by atoms with Crippen LogP contribution in [0.2, 0.25) is 0 Å². The van der Waals surface area contributed by atoms with Gasteiger partial charge in [-0.2, -0.15) is 0 Å². The first-order chi connectivity index (χ1) is 9.24. The molecule has 0 radical (unpaired) electrons. The molecule has 0 aliphatic heterocycles. The molecule has 0 saturated heterocycles. The van der Waals surface area contributed by atoms with E-state index in [0.717, 1.165) is 10.7 Å². The van der Waals surface area contributed by atoms with E-state index >= 15 is 0 Å². The number of nitrogens with zero attached hydrogens (tertiary/aromatic N) is 1. The van der Waals surface area contributed by atoms with E-state index in [1.807, 2.05) is 33.1 Å². The molecule has 0 spiro atoms. The van der Waals surface area contributed by atoms with Crippen molar-refractivity contribution < 1.29 is 14.3 Å². The number of carbonyl (C=O) groups excluding carboxylic acids is 2. The van der Waals surface area contributed by atoms with E-state index in [9.17, 15) is 9.59 Å². The lowest BCUT2D eigenvalue weighted by atomic mass is 9.86. The summed E-state index contributed by atoms with van der Waals surface area (Å²) in [6, 6.07) is -0.693. The van der Waals surface area contributed by atoms with Crippen molar-refractivity contribution in [3.05, 3.63) is 22.2 Å². The summed E-state index contributed by atoms with van der Waals surface area (Å²) in [7, 11) is 1.31. The second-order valence-corrected chi connectivity index (χ2v) is 6.52. The highest BCUT2D eigenvalue weighted by atomic mass is 32.1. The van der Waals surface area contributed by atoms with Gasteiger partial charge < -0.3 is 10.1 Å². The van der Waals surface area contributed by atoms with Crippen molar-refractivity contribution in [3.63, 3.8) is 0 Å². The average molecular weight is 296 g/mol. The number of hydrogen-bond donors (Lipinski definition) is 1. The number of amides is 1. The van der Waals surface area contributed by atoms with E-state index in [4.69, 9.17) is 4.74 Å². The number of thiazole rings is 1. The Morgan fingerprint density at radius 2 is 2.10 bits per heavy atom. The molecule has 1 amide bonds. The molecule has 20 heavy (non-hydrogen) atoms. The first-order valence-corrected chi connectivity index (χ1v) is 7.10. The van der Waals surface area contributed by atoms with Gasteiger partial charge in [0.05, 0.1) is 17.8 Å². The lowest BCUT2D eigenvalue weighted by Gasteiger charge is -2.28. The first-order valence-electron chi connectivity index (χ1n) is 6.22. The molecule has 1 unspecified atom stereocenters. The van der Waals surface area contributed by atoms with Crippen LogP contribution in [0.1, 0.15) is 31.5 Å². The molecule has 1 N–H and O–H groups in total. The van der Waals surface area contributed by atoms with Gasteiger partial charge in [-0.3, -0.25) is 4.79 Å². The van der Waals surface area contributed by atoms with Gasteiger partial charge >= 0.3 is 5.97 Å². The van der Waals surface area contributed by atoms with Crippen molar-refractivity contribution in [2.75, 3.05) is 7.11 Å². The van der Waals surface area contributed by atoms with Gasteiger partial charge in [0.25, 0.3) is 0 Å². The standard InChI is InChI=1S/C14H20N2O3S/c1-9-15-10(8-20-9)6-7-11(17)16-12(13(18)19-5)14(2,3)4/h6-8,12H,1-5H3,(H,16,17)/b7-6+. The van der Waals surface area contributed by atoms with Gasteiger partial charge in [-0.05, 0) is 18.4 Å². The Bertz CT molecular complexity index is 515. The molecule has 0 saturated carbocycles. The lowest BCUT2D eigenvalue weighted by molar-refractivity contribution is -0.147. The van der Waals surface area contributed by atoms with Crippen LogP contribution in [0.25, 0.3) is 6.08 Å². The van der Waals surface area contributed by atoms with Crippen LogP contribution in [0.15, 0.2) is 11.5 Å². The number of carbonyl (C=O) groups is 2. The van der Waals surface area contributed by atoms with Crippen LogP contribution in [-0.2, 0) is 14.3 Å². The van der Waals surface area contributed by atoms with Crippen LogP contribution < -0.4 is 5.32 Å². The maximum Gasteiger partial charge on any atom is 0.328 e. The van der Waals surface area contributed by atoms with E-state index in [1.165, 1.54) is 24.5 Å². The predicted molar refractivity (Wildman–Crippen MR) is 79.3 cm³/mol. The maximum absolute atomic E-state index is 11.9. The Morgan fingerprint density at radius 1 is 1.45 bits per heavy atom. The third-order valence-electron chi connectivity index (χ3n) is 2.63. The van der Waals surface area contributed by atoms with Crippen LogP contribution in [0.3, 0.4) is 0 Å². The number of hydrogen-bond acceptors (Lipinski definition) is 5. The molecule has 1 aromatic rings. The molecular weight excluding hydrogens is 276 g/mol. The maximum atomic E-state index is 11.9. The summed E-state index contributed by atoms with van der Waals surface area (Å²) in [6.07, 6.45) is 2.99. The zero-order valence-corrected chi connectivity index (χ0v) is 13.2. The SMILES string of the molecule is COC(=O)C(NC(=O)/C=C/c1csc(C)n1)C(C)(C)C. The molecule has 0 bridgehead atoms. The van der Waals surface area contributed by atoms with E-state index < -0.39 is 17.4 Å². The minimum atomic E-state index is -0.693. The van der Waals surface area contributed by atoms with Gasteiger partial charge in [0.15, 0.2) is 0 Å². The van der Waals surface area contributed by atoms with E-state index in [2.05, 4.69) is 10.3 Å². The van der Waals surface area contributed by atoms with Crippen molar-refractivity contribution in [1.82, 2.24) is 10.3 Å². The van der Waals surface area contributed by atoms with Gasteiger partial charge in [0.2, 0.25) is 5.91 Å². The zero-order chi connectivity index (χ0) is 15.3. The number of methoxy groups -OCH3 is 1. The number of rotatable bonds is 4. The van der Waals surface area contributed by atoms with E-state index in [0.29, 0.717) is 0 Å². The molecule has 5 nitrogen and oxygen atoms in total. The van der Waals surface area contributed by atoms with Crippen LogP contribution in [0.5, 0.6) is 0 Å². The highest BCUT2D eigenvalue weighted by Gasteiger charge is 2.33. The fourth-order valence-corrected chi connectivity index (χ4v) is 2.14. The van der Waals surface area contributed by atoms with Gasteiger partial charge in [-0.25, -0.2) is 9.78 Å². The Labute approximate surface area is 123 Å². The Hall–Kier alpha value is -1.69. The molecule has 0 fully saturated rings. The van der Waals surface area contributed by atoms with Gasteiger partial charge in [0.1, 0.15) is 6.04 Å². The second kappa shape index (κ2) is 6.65. The average Bonchev–Trinajstić information content (AvgIpc) is 2.77. The summed E-state index contributed by atoms with van der Waals surface area (Å²) in [5.41, 5.74) is 0.307.